The molecule has 7 aromatic carbocycles. The summed E-state index contributed by atoms with van der Waals surface area (Å²) in [5.74, 6) is 0. The molecule has 0 spiro atoms. The smallest absolute Gasteiger partial charge is 0.0546 e. The summed E-state index contributed by atoms with van der Waals surface area (Å²) in [5, 5.41) is 4.93. The van der Waals surface area contributed by atoms with E-state index in [1.54, 1.807) is 0 Å². The Balaban J connectivity index is 1.50. The number of anilines is 6. The van der Waals surface area contributed by atoms with Crippen molar-refractivity contribution in [3.63, 3.8) is 0 Å². The van der Waals surface area contributed by atoms with E-state index in [9.17, 15) is 0 Å². The van der Waals surface area contributed by atoms with Gasteiger partial charge in [0.1, 0.15) is 0 Å². The normalized spacial score (nSPS) is 11.3. The van der Waals surface area contributed by atoms with Gasteiger partial charge in [0.05, 0.1) is 5.69 Å². The fraction of sp³-hybridized carbons (Fsp3) is 0.174. The van der Waals surface area contributed by atoms with Gasteiger partial charge in [0, 0.05) is 33.8 Å². The van der Waals surface area contributed by atoms with E-state index in [1.165, 1.54) is 94.5 Å². The van der Waals surface area contributed by atoms with Crippen molar-refractivity contribution < 1.29 is 0 Å². The minimum Gasteiger partial charge on any atom is -0.310 e. The minimum absolute atomic E-state index is 1.15. The molecule has 0 N–H and O–H groups in total. The van der Waals surface area contributed by atoms with Gasteiger partial charge in [0.15, 0.2) is 0 Å². The van der Waals surface area contributed by atoms with Crippen LogP contribution in [-0.2, 0) is 0 Å². The quantitative estimate of drug-likeness (QED) is 0.170. The van der Waals surface area contributed by atoms with Gasteiger partial charge < -0.3 is 9.80 Å². The molecule has 0 aliphatic rings. The molecule has 0 radical (unpaired) electrons. The van der Waals surface area contributed by atoms with Gasteiger partial charge in [-0.05, 0) is 183 Å². The second-order valence-corrected chi connectivity index (χ2v) is 13.9. The average Bonchev–Trinajstić information content (AvgIpc) is 3.00. The maximum atomic E-state index is 2.45. The molecule has 0 aromatic heterocycles. The Labute approximate surface area is 285 Å². The number of fused-ring (bicyclic) bond motifs is 3. The SMILES string of the molecule is Cc1cc(C)cc(N(c2cc(C)cc(C)c2)c2ccc3cc(N(c4cc(C)cc(C)c4)c4cc(C)cc(C)c4)c4ccccc4c3c2)c1. The van der Waals surface area contributed by atoms with Crippen LogP contribution in [0.1, 0.15) is 44.5 Å². The molecule has 7 aromatic rings. The van der Waals surface area contributed by atoms with Gasteiger partial charge in [-0.1, -0.05) is 54.6 Å². The molecule has 7 rings (SSSR count). The first-order chi connectivity index (χ1) is 23.0. The van der Waals surface area contributed by atoms with Crippen LogP contribution in [0.15, 0.2) is 121 Å². The molecule has 0 atom stereocenters. The second-order valence-electron chi connectivity index (χ2n) is 13.9. The molecular formula is C46H44N2. The van der Waals surface area contributed by atoms with E-state index in [-0.39, 0.29) is 0 Å². The zero-order valence-electron chi connectivity index (χ0n) is 29.4. The predicted molar refractivity (Wildman–Crippen MR) is 209 cm³/mol. The van der Waals surface area contributed by atoms with Crippen LogP contribution < -0.4 is 9.80 Å². The molecule has 2 nitrogen and oxygen atoms in total. The minimum atomic E-state index is 1.15. The van der Waals surface area contributed by atoms with Crippen LogP contribution in [0.4, 0.5) is 34.1 Å². The van der Waals surface area contributed by atoms with Crippen molar-refractivity contribution in [1.82, 2.24) is 0 Å². The summed E-state index contributed by atoms with van der Waals surface area (Å²) in [4.78, 5) is 4.87. The van der Waals surface area contributed by atoms with Crippen LogP contribution in [0.25, 0.3) is 21.5 Å². The molecule has 0 unspecified atom stereocenters. The molecule has 238 valence electrons. The summed E-state index contributed by atoms with van der Waals surface area (Å²) < 4.78 is 0. The molecule has 2 heteroatoms. The maximum absolute atomic E-state index is 2.45. The highest BCUT2D eigenvalue weighted by Gasteiger charge is 2.20. The van der Waals surface area contributed by atoms with Gasteiger partial charge in [-0.3, -0.25) is 0 Å². The van der Waals surface area contributed by atoms with Crippen LogP contribution >= 0.6 is 0 Å². The van der Waals surface area contributed by atoms with Crippen molar-refractivity contribution in [1.29, 1.82) is 0 Å². The third-order valence-electron chi connectivity index (χ3n) is 9.18. The fourth-order valence-electron chi connectivity index (χ4n) is 7.59. The Morgan fingerprint density at radius 1 is 0.292 bits per heavy atom. The van der Waals surface area contributed by atoms with Crippen molar-refractivity contribution in [3.8, 4) is 0 Å². The zero-order valence-corrected chi connectivity index (χ0v) is 29.4. The third-order valence-corrected chi connectivity index (χ3v) is 9.18. The van der Waals surface area contributed by atoms with Crippen molar-refractivity contribution in [2.45, 2.75) is 55.4 Å². The summed E-state index contributed by atoms with van der Waals surface area (Å²) in [6.45, 7) is 17.5. The molecule has 0 aliphatic carbocycles. The Morgan fingerprint density at radius 3 is 1.08 bits per heavy atom. The number of hydrogen-bond acceptors (Lipinski definition) is 2. The van der Waals surface area contributed by atoms with Crippen molar-refractivity contribution >= 4 is 55.7 Å². The van der Waals surface area contributed by atoms with Crippen molar-refractivity contribution in [2.24, 2.45) is 0 Å². The summed E-state index contributed by atoms with van der Waals surface area (Å²) in [5.41, 5.74) is 17.1. The van der Waals surface area contributed by atoms with Crippen LogP contribution in [0.2, 0.25) is 0 Å². The van der Waals surface area contributed by atoms with Gasteiger partial charge in [0.25, 0.3) is 0 Å². The third kappa shape index (κ3) is 6.07. The first kappa shape index (κ1) is 31.3. The number of rotatable bonds is 6. The highest BCUT2D eigenvalue weighted by Crippen LogP contribution is 2.45. The molecule has 0 aliphatic heterocycles. The average molecular weight is 625 g/mol. The molecular weight excluding hydrogens is 581 g/mol. The van der Waals surface area contributed by atoms with Crippen LogP contribution in [0.3, 0.4) is 0 Å². The summed E-state index contributed by atoms with van der Waals surface area (Å²) in [6.07, 6.45) is 0. The zero-order chi connectivity index (χ0) is 33.7. The Bertz CT molecular complexity index is 2160. The van der Waals surface area contributed by atoms with Gasteiger partial charge in [-0.15, -0.1) is 0 Å². The Morgan fingerprint density at radius 2 is 0.667 bits per heavy atom. The van der Waals surface area contributed by atoms with E-state index >= 15 is 0 Å². The molecule has 0 bridgehead atoms. The van der Waals surface area contributed by atoms with Gasteiger partial charge >= 0.3 is 0 Å². The lowest BCUT2D eigenvalue weighted by Crippen LogP contribution is -2.12. The van der Waals surface area contributed by atoms with Crippen molar-refractivity contribution in [2.75, 3.05) is 9.80 Å². The first-order valence-corrected chi connectivity index (χ1v) is 16.9. The number of nitrogens with zero attached hydrogens (tertiary/aromatic N) is 2. The number of aryl methyl sites for hydroxylation is 8. The summed E-state index contributed by atoms with van der Waals surface area (Å²) >= 11 is 0. The standard InChI is InChI=1S/C46H44N2/c1-29-15-30(2)20-39(19-29)47(40-21-31(3)16-32(4)22-40)38-14-13-37-27-46(44-12-10-9-11-43(44)45(37)28-38)48(41-23-33(5)17-34(6)24-41)42-25-35(7)18-36(8)26-42/h9-28H,1-8H3. The topological polar surface area (TPSA) is 6.48 Å². The molecule has 48 heavy (non-hydrogen) atoms. The van der Waals surface area contributed by atoms with Gasteiger partial charge in [0.2, 0.25) is 0 Å². The summed E-state index contributed by atoms with van der Waals surface area (Å²) in [7, 11) is 0. The lowest BCUT2D eigenvalue weighted by Gasteiger charge is -2.30. The molecule has 0 amide bonds. The monoisotopic (exact) mass is 624 g/mol. The van der Waals surface area contributed by atoms with Crippen LogP contribution in [-0.4, -0.2) is 0 Å². The molecule has 0 saturated heterocycles. The van der Waals surface area contributed by atoms with Crippen LogP contribution in [0.5, 0.6) is 0 Å². The van der Waals surface area contributed by atoms with Crippen LogP contribution in [0, 0.1) is 55.4 Å². The highest BCUT2D eigenvalue weighted by atomic mass is 15.1. The van der Waals surface area contributed by atoms with Crippen molar-refractivity contribution in [3.05, 3.63) is 166 Å². The number of hydrogen-bond donors (Lipinski definition) is 0. The van der Waals surface area contributed by atoms with E-state index in [4.69, 9.17) is 0 Å². The fourth-order valence-corrected chi connectivity index (χ4v) is 7.59. The number of benzene rings is 7. The first-order valence-electron chi connectivity index (χ1n) is 16.9. The Kier molecular flexibility index (Phi) is 8.05. The molecule has 0 fully saturated rings. The van der Waals surface area contributed by atoms with E-state index in [1.807, 2.05) is 0 Å². The van der Waals surface area contributed by atoms with Gasteiger partial charge in [-0.25, -0.2) is 0 Å². The maximum Gasteiger partial charge on any atom is 0.0546 e. The largest absolute Gasteiger partial charge is 0.310 e. The lowest BCUT2D eigenvalue weighted by molar-refractivity contribution is 1.24. The molecule has 0 saturated carbocycles. The van der Waals surface area contributed by atoms with E-state index in [0.717, 1.165) is 5.69 Å². The highest BCUT2D eigenvalue weighted by molar-refractivity contribution is 6.15. The molecule has 0 heterocycles. The predicted octanol–water partition coefficient (Wildman–Crippen LogP) is 13.4. The summed E-state index contributed by atoms with van der Waals surface area (Å²) in [6, 6.07) is 45.6. The van der Waals surface area contributed by atoms with E-state index in [0.29, 0.717) is 0 Å². The second kappa shape index (κ2) is 12.4. The van der Waals surface area contributed by atoms with Gasteiger partial charge in [-0.2, -0.15) is 0 Å². The van der Waals surface area contributed by atoms with E-state index in [2.05, 4.69) is 187 Å². The Hall–Kier alpha value is -5.34. The lowest BCUT2D eigenvalue weighted by atomic mass is 9.97. The van der Waals surface area contributed by atoms with E-state index < -0.39 is 0 Å².